The van der Waals surface area contributed by atoms with Crippen molar-refractivity contribution < 1.29 is 16.8 Å². The fourth-order valence-electron chi connectivity index (χ4n) is 3.48. The molecular formula is C16H14O4S2. The van der Waals surface area contributed by atoms with Crippen LogP contribution in [0.25, 0.3) is 11.1 Å². The van der Waals surface area contributed by atoms with Crippen LogP contribution in [0, 0.1) is 0 Å². The molecule has 2 heterocycles. The molecule has 22 heavy (non-hydrogen) atoms. The Balaban J connectivity index is 2.19. The third-order valence-electron chi connectivity index (χ3n) is 4.23. The maximum atomic E-state index is 12.3. The lowest BCUT2D eigenvalue weighted by Crippen LogP contribution is -2.08. The van der Waals surface area contributed by atoms with E-state index in [2.05, 4.69) is 0 Å². The molecule has 0 aliphatic carbocycles. The molecule has 0 spiro atoms. The standard InChI is InChI=1S/C16H14O4S2/c17-21(18)7-11-3-1-4-12-8-22(19,20)10-14-6-2-5-13(9-21)16(14)15(11)12/h1-6H,7-10H2. The molecule has 2 aliphatic heterocycles. The monoisotopic (exact) mass is 334 g/mol. The van der Waals surface area contributed by atoms with E-state index in [-0.39, 0.29) is 23.0 Å². The molecule has 2 aliphatic rings. The van der Waals surface area contributed by atoms with E-state index in [1.807, 2.05) is 0 Å². The minimum atomic E-state index is -3.24. The van der Waals surface area contributed by atoms with Crippen LogP contribution in [-0.2, 0) is 42.7 Å². The zero-order chi connectivity index (χ0) is 15.5. The Labute approximate surface area is 129 Å². The lowest BCUT2D eigenvalue weighted by molar-refractivity contribution is 0.594. The summed E-state index contributed by atoms with van der Waals surface area (Å²) < 4.78 is 49.3. The van der Waals surface area contributed by atoms with Crippen LogP contribution in [0.2, 0.25) is 0 Å². The van der Waals surface area contributed by atoms with Gasteiger partial charge in [0.15, 0.2) is 19.7 Å². The molecule has 0 saturated carbocycles. The van der Waals surface area contributed by atoms with Crippen molar-refractivity contribution in [2.75, 3.05) is 0 Å². The van der Waals surface area contributed by atoms with Crippen LogP contribution >= 0.6 is 0 Å². The Morgan fingerprint density at radius 1 is 0.545 bits per heavy atom. The van der Waals surface area contributed by atoms with Crippen LogP contribution in [0.1, 0.15) is 22.3 Å². The summed E-state index contributed by atoms with van der Waals surface area (Å²) in [7, 11) is -6.48. The summed E-state index contributed by atoms with van der Waals surface area (Å²) >= 11 is 0. The van der Waals surface area contributed by atoms with Crippen molar-refractivity contribution in [3.05, 3.63) is 58.7 Å². The average Bonchev–Trinajstić information content (AvgIpc) is 2.58. The van der Waals surface area contributed by atoms with E-state index < -0.39 is 19.7 Å². The van der Waals surface area contributed by atoms with Crippen LogP contribution in [-0.4, -0.2) is 16.8 Å². The SMILES string of the molecule is O=S1(=O)Cc2cccc3c2-c2c(cccc2CS(=O)(=O)C3)C1. The van der Waals surface area contributed by atoms with E-state index in [1.54, 1.807) is 36.4 Å². The van der Waals surface area contributed by atoms with E-state index >= 15 is 0 Å². The van der Waals surface area contributed by atoms with Crippen molar-refractivity contribution in [1.82, 2.24) is 0 Å². The highest BCUT2D eigenvalue weighted by Crippen LogP contribution is 2.41. The highest BCUT2D eigenvalue weighted by molar-refractivity contribution is 7.90. The predicted octanol–water partition coefficient (Wildman–Crippen LogP) is 2.21. The zero-order valence-electron chi connectivity index (χ0n) is 11.7. The second kappa shape index (κ2) is 4.43. The first-order valence-corrected chi connectivity index (χ1v) is 10.6. The summed E-state index contributed by atoms with van der Waals surface area (Å²) in [6, 6.07) is 10.7. The summed E-state index contributed by atoms with van der Waals surface area (Å²) in [5, 5.41) is 0. The first kappa shape index (κ1) is 14.0. The molecular weight excluding hydrogens is 320 g/mol. The van der Waals surface area contributed by atoms with E-state index in [0.717, 1.165) is 11.1 Å². The molecule has 114 valence electrons. The normalized spacial score (nSPS) is 20.5. The molecule has 4 rings (SSSR count). The van der Waals surface area contributed by atoms with Gasteiger partial charge in [0, 0.05) is 0 Å². The summed E-state index contributed by atoms with van der Waals surface area (Å²) in [6.07, 6.45) is 0. The smallest absolute Gasteiger partial charge is 0.158 e. The molecule has 0 radical (unpaired) electrons. The number of hydrogen-bond donors (Lipinski definition) is 0. The third-order valence-corrected chi connectivity index (χ3v) is 7.23. The summed E-state index contributed by atoms with van der Waals surface area (Å²) in [6.45, 7) is 0. The van der Waals surface area contributed by atoms with Crippen LogP contribution in [0.5, 0.6) is 0 Å². The fraction of sp³-hybridized carbons (Fsp3) is 0.250. The Hall–Kier alpha value is -1.66. The number of sulfone groups is 2. The van der Waals surface area contributed by atoms with Gasteiger partial charge in [-0.2, -0.15) is 0 Å². The minimum absolute atomic E-state index is 0.0374. The van der Waals surface area contributed by atoms with E-state index in [9.17, 15) is 16.8 Å². The second-order valence-electron chi connectivity index (χ2n) is 5.97. The topological polar surface area (TPSA) is 68.3 Å². The number of rotatable bonds is 0. The minimum Gasteiger partial charge on any atom is -0.228 e. The Morgan fingerprint density at radius 3 is 1.09 bits per heavy atom. The number of benzene rings is 2. The third kappa shape index (κ3) is 2.18. The van der Waals surface area contributed by atoms with Gasteiger partial charge in [0.05, 0.1) is 23.0 Å². The summed E-state index contributed by atoms with van der Waals surface area (Å²) in [5.41, 5.74) is 4.47. The molecule has 0 fully saturated rings. The molecule has 0 amide bonds. The highest BCUT2D eigenvalue weighted by atomic mass is 32.2. The van der Waals surface area contributed by atoms with Crippen LogP contribution in [0.15, 0.2) is 36.4 Å². The predicted molar refractivity (Wildman–Crippen MR) is 84.5 cm³/mol. The molecule has 6 heteroatoms. The molecule has 0 bridgehead atoms. The molecule has 0 atom stereocenters. The maximum Gasteiger partial charge on any atom is 0.158 e. The van der Waals surface area contributed by atoms with Crippen LogP contribution in [0.3, 0.4) is 0 Å². The van der Waals surface area contributed by atoms with Gasteiger partial charge < -0.3 is 0 Å². The van der Waals surface area contributed by atoms with Gasteiger partial charge in [-0.1, -0.05) is 36.4 Å². The van der Waals surface area contributed by atoms with Crippen molar-refractivity contribution in [2.24, 2.45) is 0 Å². The quantitative estimate of drug-likeness (QED) is 0.741. The van der Waals surface area contributed by atoms with Crippen molar-refractivity contribution in [3.63, 3.8) is 0 Å². The molecule has 0 unspecified atom stereocenters. The van der Waals surface area contributed by atoms with E-state index in [0.29, 0.717) is 22.3 Å². The lowest BCUT2D eigenvalue weighted by atomic mass is 9.90. The zero-order valence-corrected chi connectivity index (χ0v) is 13.4. The first-order valence-electron chi connectivity index (χ1n) is 6.97. The molecule has 0 aromatic heterocycles. The molecule has 0 N–H and O–H groups in total. The van der Waals surface area contributed by atoms with E-state index in [1.165, 1.54) is 0 Å². The second-order valence-corrected chi connectivity index (χ2v) is 10.1. The Kier molecular flexibility index (Phi) is 2.81. The van der Waals surface area contributed by atoms with Crippen molar-refractivity contribution in [1.29, 1.82) is 0 Å². The van der Waals surface area contributed by atoms with Crippen molar-refractivity contribution in [2.45, 2.75) is 23.0 Å². The number of hydrogen-bond acceptors (Lipinski definition) is 4. The molecule has 0 saturated heterocycles. The van der Waals surface area contributed by atoms with Gasteiger partial charge in [-0.3, -0.25) is 0 Å². The Bertz CT molecular complexity index is 858. The summed E-state index contributed by atoms with van der Waals surface area (Å²) in [5.74, 6) is -0.149. The van der Waals surface area contributed by atoms with Crippen LogP contribution in [0.4, 0.5) is 0 Å². The summed E-state index contributed by atoms with van der Waals surface area (Å²) in [4.78, 5) is 0. The van der Waals surface area contributed by atoms with Gasteiger partial charge in [-0.15, -0.1) is 0 Å². The fourth-order valence-corrected chi connectivity index (χ4v) is 6.54. The average molecular weight is 334 g/mol. The van der Waals surface area contributed by atoms with Gasteiger partial charge in [-0.05, 0) is 33.4 Å². The molecule has 4 nitrogen and oxygen atoms in total. The van der Waals surface area contributed by atoms with Crippen molar-refractivity contribution in [3.8, 4) is 11.1 Å². The molecule has 2 aromatic rings. The molecule has 2 aromatic carbocycles. The van der Waals surface area contributed by atoms with Gasteiger partial charge in [0.25, 0.3) is 0 Å². The van der Waals surface area contributed by atoms with Gasteiger partial charge in [0.2, 0.25) is 0 Å². The van der Waals surface area contributed by atoms with E-state index in [4.69, 9.17) is 0 Å². The van der Waals surface area contributed by atoms with Gasteiger partial charge >= 0.3 is 0 Å². The van der Waals surface area contributed by atoms with Gasteiger partial charge in [-0.25, -0.2) is 16.8 Å². The first-order chi connectivity index (χ1) is 10.3. The lowest BCUT2D eigenvalue weighted by Gasteiger charge is -2.13. The maximum absolute atomic E-state index is 12.3. The van der Waals surface area contributed by atoms with Crippen molar-refractivity contribution >= 4 is 19.7 Å². The largest absolute Gasteiger partial charge is 0.228 e. The Morgan fingerprint density at radius 2 is 0.818 bits per heavy atom. The van der Waals surface area contributed by atoms with Crippen LogP contribution < -0.4 is 0 Å². The highest BCUT2D eigenvalue weighted by Gasteiger charge is 2.31. The van der Waals surface area contributed by atoms with Gasteiger partial charge in [0.1, 0.15) is 0 Å².